The highest BCUT2D eigenvalue weighted by Gasteiger charge is 2.22. The third-order valence-corrected chi connectivity index (χ3v) is 4.49. The summed E-state index contributed by atoms with van der Waals surface area (Å²) in [5.74, 6) is -0.242. The van der Waals surface area contributed by atoms with E-state index in [4.69, 9.17) is 4.74 Å². The molecule has 0 atom stereocenters. The summed E-state index contributed by atoms with van der Waals surface area (Å²) in [5, 5.41) is 1.14. The second-order valence-corrected chi connectivity index (χ2v) is 9.96. The van der Waals surface area contributed by atoms with Crippen LogP contribution in [0.5, 0.6) is 0 Å². The van der Waals surface area contributed by atoms with Gasteiger partial charge in [0.1, 0.15) is 0 Å². The van der Waals surface area contributed by atoms with Gasteiger partial charge in [-0.1, -0.05) is 50.0 Å². The molecule has 3 heteroatoms. The lowest BCUT2D eigenvalue weighted by Crippen LogP contribution is -2.24. The van der Waals surface area contributed by atoms with Crippen LogP contribution >= 0.6 is 0 Å². The van der Waals surface area contributed by atoms with E-state index in [1.54, 1.807) is 6.08 Å². The predicted molar refractivity (Wildman–Crippen MR) is 74.4 cm³/mol. The molecule has 0 radical (unpaired) electrons. The number of carbonyl (C=O) groups is 1. The van der Waals surface area contributed by atoms with Gasteiger partial charge in [-0.2, -0.15) is 0 Å². The van der Waals surface area contributed by atoms with Gasteiger partial charge in [-0.3, -0.25) is 0 Å². The summed E-state index contributed by atoms with van der Waals surface area (Å²) >= 11 is 0. The first kappa shape index (κ1) is 13.7. The Labute approximate surface area is 104 Å². The second kappa shape index (κ2) is 5.82. The van der Waals surface area contributed by atoms with E-state index in [1.165, 1.54) is 0 Å². The van der Waals surface area contributed by atoms with E-state index in [9.17, 15) is 4.79 Å². The molecule has 0 heterocycles. The fourth-order valence-corrected chi connectivity index (χ4v) is 3.24. The molecule has 0 saturated heterocycles. The Balaban J connectivity index is 3.10. The number of ether oxygens (including phenoxy) is 1. The normalized spacial score (nSPS) is 12.4. The van der Waals surface area contributed by atoms with Crippen molar-refractivity contribution in [2.24, 2.45) is 0 Å². The van der Waals surface area contributed by atoms with Crippen molar-refractivity contribution in [2.45, 2.75) is 26.6 Å². The summed E-state index contributed by atoms with van der Waals surface area (Å²) in [5.41, 5.74) is 1.12. The SMILES string of the molecule is CCOC(=O)/C=C(/c1ccccc1)[Si](C)(C)C. The third-order valence-electron chi connectivity index (χ3n) is 2.44. The maximum atomic E-state index is 11.6. The zero-order chi connectivity index (χ0) is 12.9. The molecule has 0 saturated carbocycles. The van der Waals surface area contributed by atoms with Gasteiger partial charge in [-0.05, 0) is 17.7 Å². The minimum Gasteiger partial charge on any atom is -0.463 e. The first-order chi connectivity index (χ1) is 7.95. The first-order valence-corrected chi connectivity index (χ1v) is 9.39. The van der Waals surface area contributed by atoms with Crippen molar-refractivity contribution < 1.29 is 9.53 Å². The van der Waals surface area contributed by atoms with Crippen LogP contribution in [0.1, 0.15) is 12.5 Å². The van der Waals surface area contributed by atoms with Gasteiger partial charge in [-0.25, -0.2) is 4.79 Å². The molecule has 0 spiro atoms. The molecule has 0 amide bonds. The first-order valence-electron chi connectivity index (χ1n) is 5.89. The number of hydrogen-bond acceptors (Lipinski definition) is 2. The fraction of sp³-hybridized carbons (Fsp3) is 0.357. The lowest BCUT2D eigenvalue weighted by atomic mass is 10.2. The molecule has 0 aliphatic rings. The van der Waals surface area contributed by atoms with Gasteiger partial charge in [0.2, 0.25) is 0 Å². The Kier molecular flexibility index (Phi) is 4.69. The summed E-state index contributed by atoms with van der Waals surface area (Å²) < 4.78 is 5.00. The molecule has 0 aromatic heterocycles. The van der Waals surface area contributed by atoms with Crippen molar-refractivity contribution in [3.8, 4) is 0 Å². The molecule has 0 aliphatic heterocycles. The van der Waals surface area contributed by atoms with Crippen LogP contribution in [0, 0.1) is 0 Å². The number of rotatable bonds is 4. The summed E-state index contributed by atoms with van der Waals surface area (Å²) in [4.78, 5) is 11.6. The Morgan fingerprint density at radius 2 is 1.82 bits per heavy atom. The molecular formula is C14H20O2Si. The smallest absolute Gasteiger partial charge is 0.330 e. The lowest BCUT2D eigenvalue weighted by Gasteiger charge is -2.21. The van der Waals surface area contributed by atoms with E-state index >= 15 is 0 Å². The lowest BCUT2D eigenvalue weighted by molar-refractivity contribution is -0.137. The molecule has 1 aromatic rings. The van der Waals surface area contributed by atoms with Crippen molar-refractivity contribution >= 4 is 19.2 Å². The largest absolute Gasteiger partial charge is 0.463 e. The fourth-order valence-electron chi connectivity index (χ4n) is 1.65. The van der Waals surface area contributed by atoms with Gasteiger partial charge in [0.05, 0.1) is 14.7 Å². The quantitative estimate of drug-likeness (QED) is 0.463. The van der Waals surface area contributed by atoms with Gasteiger partial charge in [0.25, 0.3) is 0 Å². The van der Waals surface area contributed by atoms with Crippen LogP contribution in [0.4, 0.5) is 0 Å². The Morgan fingerprint density at radius 1 is 1.24 bits per heavy atom. The number of carbonyl (C=O) groups excluding carboxylic acids is 1. The topological polar surface area (TPSA) is 26.3 Å². The molecule has 0 fully saturated rings. The van der Waals surface area contributed by atoms with Gasteiger partial charge in [0.15, 0.2) is 0 Å². The van der Waals surface area contributed by atoms with Gasteiger partial charge in [0, 0.05) is 6.08 Å². The van der Waals surface area contributed by atoms with Crippen molar-refractivity contribution in [1.29, 1.82) is 0 Å². The number of hydrogen-bond donors (Lipinski definition) is 0. The zero-order valence-corrected chi connectivity index (χ0v) is 12.0. The Hall–Kier alpha value is -1.35. The van der Waals surface area contributed by atoms with Gasteiger partial charge < -0.3 is 4.74 Å². The van der Waals surface area contributed by atoms with Crippen LogP contribution in [0.25, 0.3) is 5.20 Å². The second-order valence-electron chi connectivity index (χ2n) is 4.93. The van der Waals surface area contributed by atoms with E-state index in [1.807, 2.05) is 37.3 Å². The van der Waals surface area contributed by atoms with Gasteiger partial charge >= 0.3 is 5.97 Å². The van der Waals surface area contributed by atoms with E-state index in [-0.39, 0.29) is 5.97 Å². The molecule has 2 nitrogen and oxygen atoms in total. The maximum absolute atomic E-state index is 11.6. The van der Waals surface area contributed by atoms with Gasteiger partial charge in [-0.15, -0.1) is 0 Å². The highest BCUT2D eigenvalue weighted by Crippen LogP contribution is 2.25. The average molecular weight is 248 g/mol. The van der Waals surface area contributed by atoms with Crippen molar-refractivity contribution in [1.82, 2.24) is 0 Å². The number of benzene rings is 1. The highest BCUT2D eigenvalue weighted by atomic mass is 28.3. The molecule has 0 unspecified atom stereocenters. The standard InChI is InChI=1S/C14H20O2Si/c1-5-16-14(15)11-13(17(2,3)4)12-9-7-6-8-10-12/h6-11H,5H2,1-4H3/b13-11-. The van der Waals surface area contributed by atoms with Crippen molar-refractivity contribution in [2.75, 3.05) is 6.61 Å². The molecule has 0 N–H and O–H groups in total. The third kappa shape index (κ3) is 4.19. The number of esters is 1. The Bertz CT molecular complexity index is 402. The van der Waals surface area contributed by atoms with Crippen molar-refractivity contribution in [3.05, 3.63) is 42.0 Å². The van der Waals surface area contributed by atoms with E-state index in [0.29, 0.717) is 6.61 Å². The van der Waals surface area contributed by atoms with E-state index in [0.717, 1.165) is 10.8 Å². The molecule has 0 aliphatic carbocycles. The molecule has 17 heavy (non-hydrogen) atoms. The van der Waals surface area contributed by atoms with Crippen LogP contribution in [0.3, 0.4) is 0 Å². The summed E-state index contributed by atoms with van der Waals surface area (Å²) in [6.07, 6.45) is 1.66. The average Bonchev–Trinajstić information content (AvgIpc) is 2.26. The van der Waals surface area contributed by atoms with Crippen LogP contribution in [-0.2, 0) is 9.53 Å². The van der Waals surface area contributed by atoms with Crippen LogP contribution in [-0.4, -0.2) is 20.7 Å². The zero-order valence-electron chi connectivity index (χ0n) is 11.0. The van der Waals surface area contributed by atoms with E-state index < -0.39 is 8.07 Å². The molecule has 1 rings (SSSR count). The maximum Gasteiger partial charge on any atom is 0.330 e. The minimum atomic E-state index is -1.56. The summed E-state index contributed by atoms with van der Waals surface area (Å²) in [7, 11) is -1.56. The molecule has 92 valence electrons. The van der Waals surface area contributed by atoms with Crippen molar-refractivity contribution in [3.63, 3.8) is 0 Å². The molecule has 1 aromatic carbocycles. The Morgan fingerprint density at radius 3 is 2.29 bits per heavy atom. The summed E-state index contributed by atoms with van der Waals surface area (Å²) in [6.45, 7) is 8.92. The molecule has 0 bridgehead atoms. The highest BCUT2D eigenvalue weighted by molar-refractivity contribution is 6.94. The van der Waals surface area contributed by atoms with E-state index in [2.05, 4.69) is 19.6 Å². The monoisotopic (exact) mass is 248 g/mol. The minimum absolute atomic E-state index is 0.242. The summed E-state index contributed by atoms with van der Waals surface area (Å²) in [6, 6.07) is 10.1. The molecular weight excluding hydrogens is 228 g/mol. The van der Waals surface area contributed by atoms with Crippen LogP contribution < -0.4 is 0 Å². The van der Waals surface area contributed by atoms with Crippen LogP contribution in [0.15, 0.2) is 36.4 Å². The van der Waals surface area contributed by atoms with Crippen LogP contribution in [0.2, 0.25) is 19.6 Å². The predicted octanol–water partition coefficient (Wildman–Crippen LogP) is 3.51.